The fourth-order valence-corrected chi connectivity index (χ4v) is 1.77. The van der Waals surface area contributed by atoms with Crippen molar-refractivity contribution in [2.24, 2.45) is 5.41 Å². The summed E-state index contributed by atoms with van der Waals surface area (Å²) >= 11 is 0. The summed E-state index contributed by atoms with van der Waals surface area (Å²) in [6.45, 7) is 11.6. The fourth-order valence-electron chi connectivity index (χ4n) is 1.77. The zero-order valence-corrected chi connectivity index (χ0v) is 10.1. The van der Waals surface area contributed by atoms with E-state index < -0.39 is 5.60 Å². The third-order valence-electron chi connectivity index (χ3n) is 2.96. The smallest absolute Gasteiger partial charge is 0.333 e. The molecule has 1 aliphatic rings. The molecule has 2 nitrogen and oxygen atoms in total. The second-order valence-corrected chi connectivity index (χ2v) is 5.25. The van der Waals surface area contributed by atoms with Crippen molar-refractivity contribution in [3.8, 4) is 0 Å². The Labute approximate surface area is 92.0 Å². The molecular formula is C13H20O2. The van der Waals surface area contributed by atoms with Gasteiger partial charge in [-0.25, -0.2) is 4.79 Å². The lowest BCUT2D eigenvalue weighted by molar-refractivity contribution is -0.159. The molecule has 0 fully saturated rings. The number of carbonyl (C=O) groups is 1. The third kappa shape index (κ3) is 2.31. The van der Waals surface area contributed by atoms with Crippen LogP contribution in [0, 0.1) is 5.41 Å². The van der Waals surface area contributed by atoms with Gasteiger partial charge in [0.25, 0.3) is 0 Å². The van der Waals surface area contributed by atoms with Crippen LogP contribution in [0.1, 0.15) is 40.5 Å². The first-order valence-electron chi connectivity index (χ1n) is 5.35. The molecule has 1 atom stereocenters. The maximum absolute atomic E-state index is 11.6. The van der Waals surface area contributed by atoms with Crippen molar-refractivity contribution >= 4 is 5.97 Å². The Morgan fingerprint density at radius 2 is 2.07 bits per heavy atom. The summed E-state index contributed by atoms with van der Waals surface area (Å²) in [6.07, 6.45) is 5.95. The van der Waals surface area contributed by atoms with Gasteiger partial charge in [0, 0.05) is 11.0 Å². The van der Waals surface area contributed by atoms with Gasteiger partial charge in [0.05, 0.1) is 0 Å². The predicted molar refractivity (Wildman–Crippen MR) is 61.5 cm³/mol. The first kappa shape index (κ1) is 12.0. The van der Waals surface area contributed by atoms with Crippen molar-refractivity contribution in [2.45, 2.75) is 46.1 Å². The topological polar surface area (TPSA) is 26.3 Å². The van der Waals surface area contributed by atoms with Crippen LogP contribution in [0.15, 0.2) is 24.3 Å². The molecule has 15 heavy (non-hydrogen) atoms. The van der Waals surface area contributed by atoms with Crippen molar-refractivity contribution in [2.75, 3.05) is 0 Å². The van der Waals surface area contributed by atoms with E-state index in [9.17, 15) is 4.79 Å². The lowest BCUT2D eigenvalue weighted by Gasteiger charge is -2.39. The Morgan fingerprint density at radius 3 is 2.40 bits per heavy atom. The van der Waals surface area contributed by atoms with E-state index in [1.807, 2.05) is 6.08 Å². The van der Waals surface area contributed by atoms with E-state index in [0.717, 1.165) is 12.8 Å². The average molecular weight is 208 g/mol. The number of rotatable bonds is 2. The van der Waals surface area contributed by atoms with Crippen LogP contribution in [-0.4, -0.2) is 11.6 Å². The summed E-state index contributed by atoms with van der Waals surface area (Å²) in [5.41, 5.74) is -0.0762. The van der Waals surface area contributed by atoms with E-state index in [1.54, 1.807) is 6.92 Å². The van der Waals surface area contributed by atoms with Gasteiger partial charge in [-0.3, -0.25) is 0 Å². The molecule has 0 heterocycles. The predicted octanol–water partition coefficient (Wildman–Crippen LogP) is 3.24. The van der Waals surface area contributed by atoms with E-state index in [4.69, 9.17) is 4.74 Å². The molecule has 0 saturated carbocycles. The highest BCUT2D eigenvalue weighted by molar-refractivity contribution is 5.87. The highest BCUT2D eigenvalue weighted by atomic mass is 16.6. The molecule has 0 radical (unpaired) electrons. The summed E-state index contributed by atoms with van der Waals surface area (Å²) in [7, 11) is 0. The van der Waals surface area contributed by atoms with Crippen LogP contribution in [0.25, 0.3) is 0 Å². The number of hydrogen-bond acceptors (Lipinski definition) is 2. The standard InChI is InChI=1S/C13H20O2/c1-10(2)11(14)15-13(12(3,4)5)8-6-7-9-13/h6,8H,1,7,9H2,2-5H3. The number of carbonyl (C=O) groups excluding carboxylic acids is 1. The maximum Gasteiger partial charge on any atom is 0.333 e. The molecule has 1 rings (SSSR count). The van der Waals surface area contributed by atoms with Gasteiger partial charge in [0.15, 0.2) is 0 Å². The second kappa shape index (κ2) is 3.84. The monoisotopic (exact) mass is 208 g/mol. The van der Waals surface area contributed by atoms with Crippen molar-refractivity contribution in [1.29, 1.82) is 0 Å². The van der Waals surface area contributed by atoms with Crippen molar-refractivity contribution in [1.82, 2.24) is 0 Å². The number of allylic oxidation sites excluding steroid dienone is 1. The molecule has 0 aromatic carbocycles. The summed E-state index contributed by atoms with van der Waals surface area (Å²) in [6, 6.07) is 0. The lowest BCUT2D eigenvalue weighted by Crippen LogP contribution is -2.43. The minimum absolute atomic E-state index is 0.0783. The third-order valence-corrected chi connectivity index (χ3v) is 2.96. The van der Waals surface area contributed by atoms with Crippen molar-refractivity contribution in [3.63, 3.8) is 0 Å². The summed E-state index contributed by atoms with van der Waals surface area (Å²) in [4.78, 5) is 11.6. The molecule has 1 aliphatic carbocycles. The zero-order valence-electron chi connectivity index (χ0n) is 10.1. The minimum atomic E-state index is -0.455. The molecule has 0 aromatic heterocycles. The van der Waals surface area contributed by atoms with Crippen LogP contribution in [0.2, 0.25) is 0 Å². The minimum Gasteiger partial charge on any atom is -0.451 e. The number of esters is 1. The van der Waals surface area contributed by atoms with E-state index in [1.165, 1.54) is 0 Å². The van der Waals surface area contributed by atoms with Gasteiger partial charge >= 0.3 is 5.97 Å². The van der Waals surface area contributed by atoms with Gasteiger partial charge in [-0.05, 0) is 25.8 Å². The van der Waals surface area contributed by atoms with Gasteiger partial charge in [-0.15, -0.1) is 0 Å². The highest BCUT2D eigenvalue weighted by Crippen LogP contribution is 2.42. The Morgan fingerprint density at radius 1 is 1.47 bits per heavy atom. The molecule has 0 saturated heterocycles. The molecule has 0 spiro atoms. The van der Waals surface area contributed by atoms with Crippen LogP contribution >= 0.6 is 0 Å². The molecule has 0 aliphatic heterocycles. The van der Waals surface area contributed by atoms with E-state index in [-0.39, 0.29) is 11.4 Å². The molecule has 2 heteroatoms. The van der Waals surface area contributed by atoms with Crippen LogP contribution < -0.4 is 0 Å². The van der Waals surface area contributed by atoms with Crippen LogP contribution in [-0.2, 0) is 9.53 Å². The van der Waals surface area contributed by atoms with Crippen molar-refractivity contribution in [3.05, 3.63) is 24.3 Å². The normalized spacial score (nSPS) is 25.3. The zero-order chi connectivity index (χ0) is 11.7. The fraction of sp³-hybridized carbons (Fsp3) is 0.615. The second-order valence-electron chi connectivity index (χ2n) is 5.25. The van der Waals surface area contributed by atoms with Crippen LogP contribution in [0.4, 0.5) is 0 Å². The molecule has 0 aromatic rings. The van der Waals surface area contributed by atoms with E-state index in [2.05, 4.69) is 33.4 Å². The quantitative estimate of drug-likeness (QED) is 0.395. The van der Waals surface area contributed by atoms with Gasteiger partial charge in [-0.2, -0.15) is 0 Å². The molecule has 0 bridgehead atoms. The summed E-state index contributed by atoms with van der Waals surface area (Å²) in [5, 5.41) is 0. The first-order valence-corrected chi connectivity index (χ1v) is 5.35. The first-order chi connectivity index (χ1) is 6.78. The summed E-state index contributed by atoms with van der Waals surface area (Å²) < 4.78 is 5.60. The Bertz CT molecular complexity index is 307. The van der Waals surface area contributed by atoms with Gasteiger partial charge in [-0.1, -0.05) is 33.4 Å². The Kier molecular flexibility index (Phi) is 3.08. The SMILES string of the molecule is C=C(C)C(=O)OC1(C(C)(C)C)C=CCC1. The largest absolute Gasteiger partial charge is 0.451 e. The molecular weight excluding hydrogens is 188 g/mol. The van der Waals surface area contributed by atoms with Gasteiger partial charge in [0.1, 0.15) is 5.60 Å². The number of ether oxygens (including phenoxy) is 1. The highest BCUT2D eigenvalue weighted by Gasteiger charge is 2.44. The van der Waals surface area contributed by atoms with E-state index in [0.29, 0.717) is 5.57 Å². The van der Waals surface area contributed by atoms with Gasteiger partial charge in [0.2, 0.25) is 0 Å². The molecule has 1 unspecified atom stereocenters. The Balaban J connectivity index is 2.90. The molecule has 0 amide bonds. The van der Waals surface area contributed by atoms with Crippen LogP contribution in [0.3, 0.4) is 0 Å². The van der Waals surface area contributed by atoms with E-state index >= 15 is 0 Å². The van der Waals surface area contributed by atoms with Crippen molar-refractivity contribution < 1.29 is 9.53 Å². The van der Waals surface area contributed by atoms with Crippen LogP contribution in [0.5, 0.6) is 0 Å². The number of hydrogen-bond donors (Lipinski definition) is 0. The summed E-state index contributed by atoms with van der Waals surface area (Å²) in [5.74, 6) is -0.295. The maximum atomic E-state index is 11.6. The van der Waals surface area contributed by atoms with Gasteiger partial charge < -0.3 is 4.74 Å². The lowest BCUT2D eigenvalue weighted by atomic mass is 9.76. The molecule has 84 valence electrons. The Hall–Kier alpha value is -1.05. The average Bonchev–Trinajstić information content (AvgIpc) is 2.52. The molecule has 0 N–H and O–H groups in total.